The van der Waals surface area contributed by atoms with Gasteiger partial charge in [-0.2, -0.15) is 0 Å². The standard InChI is InChI=1S/C12H20Cl2O4Si/c1-17-12(18-2)10(13)6-7(19(3,4)5)11(12,14)9(16)8(10)15/h7-8,15H,6H2,1-5H3/t7-,8-,10+,11-/m0/s1. The Balaban J connectivity index is 2.69. The van der Waals surface area contributed by atoms with Gasteiger partial charge in [0.1, 0.15) is 11.0 Å². The molecule has 19 heavy (non-hydrogen) atoms. The quantitative estimate of drug-likeness (QED) is 0.489. The van der Waals surface area contributed by atoms with Gasteiger partial charge in [0.25, 0.3) is 0 Å². The molecule has 2 rings (SSSR count). The highest BCUT2D eigenvalue weighted by atomic mass is 35.5. The number of methoxy groups -OCH3 is 2. The van der Waals surface area contributed by atoms with Gasteiger partial charge in [0, 0.05) is 14.2 Å². The van der Waals surface area contributed by atoms with Gasteiger partial charge in [-0.3, -0.25) is 4.79 Å². The van der Waals surface area contributed by atoms with Gasteiger partial charge < -0.3 is 14.6 Å². The zero-order valence-electron chi connectivity index (χ0n) is 11.8. The second-order valence-corrected chi connectivity index (χ2v) is 13.2. The maximum Gasteiger partial charge on any atom is 0.217 e. The van der Waals surface area contributed by atoms with Crippen molar-refractivity contribution in [3.05, 3.63) is 0 Å². The number of hydrogen-bond acceptors (Lipinski definition) is 4. The molecular weight excluding hydrogens is 307 g/mol. The number of Topliss-reactive ketones (excluding diaryl/α,β-unsaturated/α-hetero) is 1. The van der Waals surface area contributed by atoms with Crippen molar-refractivity contribution in [2.24, 2.45) is 0 Å². The van der Waals surface area contributed by atoms with Crippen molar-refractivity contribution in [2.75, 3.05) is 14.2 Å². The highest BCUT2D eigenvalue weighted by Crippen LogP contribution is 2.70. The summed E-state index contributed by atoms with van der Waals surface area (Å²) in [7, 11) is 1.03. The van der Waals surface area contributed by atoms with Crippen molar-refractivity contribution in [3.8, 4) is 0 Å². The number of halogens is 2. The third kappa shape index (κ3) is 1.49. The Kier molecular flexibility index (Phi) is 3.46. The Morgan fingerprint density at radius 3 is 2.05 bits per heavy atom. The number of ketones is 1. The molecule has 2 fully saturated rings. The first-order chi connectivity index (χ1) is 8.53. The molecule has 0 radical (unpaired) electrons. The molecule has 0 aromatic rings. The van der Waals surface area contributed by atoms with Gasteiger partial charge in [-0.25, -0.2) is 0 Å². The summed E-state index contributed by atoms with van der Waals surface area (Å²) in [4.78, 5) is 9.75. The average molecular weight is 327 g/mol. The minimum Gasteiger partial charge on any atom is -0.383 e. The van der Waals surface area contributed by atoms with E-state index in [-0.39, 0.29) is 5.54 Å². The number of fused-ring (bicyclic) bond motifs is 2. The number of aliphatic hydroxyl groups excluding tert-OH is 1. The highest BCUT2D eigenvalue weighted by Gasteiger charge is 2.86. The summed E-state index contributed by atoms with van der Waals surface area (Å²) in [6.45, 7) is 6.37. The molecule has 0 aliphatic heterocycles. The van der Waals surface area contributed by atoms with Crippen LogP contribution in [0.25, 0.3) is 0 Å². The fourth-order valence-corrected chi connectivity index (χ4v) is 8.44. The first-order valence-corrected chi connectivity index (χ1v) is 10.6. The monoisotopic (exact) mass is 326 g/mol. The number of aliphatic hydroxyl groups is 1. The molecule has 4 nitrogen and oxygen atoms in total. The molecule has 7 heteroatoms. The molecule has 0 aromatic carbocycles. The van der Waals surface area contributed by atoms with Crippen LogP contribution in [0.4, 0.5) is 0 Å². The van der Waals surface area contributed by atoms with Crippen LogP contribution in [0.5, 0.6) is 0 Å². The predicted molar refractivity (Wildman–Crippen MR) is 76.6 cm³/mol. The maximum absolute atomic E-state index is 12.5. The van der Waals surface area contributed by atoms with Crippen LogP contribution in [0.15, 0.2) is 0 Å². The molecule has 0 amide bonds. The molecule has 0 spiro atoms. The second-order valence-electron chi connectivity index (χ2n) is 6.49. The van der Waals surface area contributed by atoms with Crippen LogP contribution in [0.2, 0.25) is 25.2 Å². The minimum absolute atomic E-state index is 0.116. The van der Waals surface area contributed by atoms with Crippen LogP contribution >= 0.6 is 23.2 Å². The van der Waals surface area contributed by atoms with Crippen molar-refractivity contribution < 1.29 is 19.4 Å². The summed E-state index contributed by atoms with van der Waals surface area (Å²) >= 11 is 13.3. The van der Waals surface area contributed by atoms with Gasteiger partial charge in [-0.1, -0.05) is 19.6 Å². The summed E-state index contributed by atoms with van der Waals surface area (Å²) in [5.74, 6) is -1.96. The van der Waals surface area contributed by atoms with Gasteiger partial charge in [-0.05, 0) is 12.0 Å². The van der Waals surface area contributed by atoms with Crippen LogP contribution < -0.4 is 0 Å². The Hall–Kier alpha value is 0.347. The number of rotatable bonds is 3. The molecule has 0 heterocycles. The largest absolute Gasteiger partial charge is 0.383 e. The predicted octanol–water partition coefficient (Wildman–Crippen LogP) is 1.99. The molecule has 4 atom stereocenters. The van der Waals surface area contributed by atoms with Gasteiger partial charge in [0.15, 0.2) is 10.7 Å². The Labute approximate surface area is 124 Å². The molecule has 2 aliphatic rings. The first kappa shape index (κ1) is 15.7. The van der Waals surface area contributed by atoms with E-state index >= 15 is 0 Å². The molecule has 110 valence electrons. The van der Waals surface area contributed by atoms with E-state index in [1.807, 2.05) is 0 Å². The van der Waals surface area contributed by atoms with E-state index in [9.17, 15) is 9.90 Å². The van der Waals surface area contributed by atoms with E-state index in [2.05, 4.69) is 19.6 Å². The SMILES string of the molecule is COC1(OC)[C@@]2(Cl)C[C@H]([Si](C)(C)C)[C@]1(Cl)C(=O)[C@@H]2O. The lowest BCUT2D eigenvalue weighted by molar-refractivity contribution is -0.224. The second kappa shape index (κ2) is 4.18. The van der Waals surface area contributed by atoms with E-state index in [1.165, 1.54) is 14.2 Å². The molecule has 2 aliphatic carbocycles. The summed E-state index contributed by atoms with van der Waals surface area (Å²) < 4.78 is 10.9. The maximum atomic E-state index is 12.5. The number of ether oxygens (including phenoxy) is 2. The van der Waals surface area contributed by atoms with E-state index in [4.69, 9.17) is 32.7 Å². The van der Waals surface area contributed by atoms with Crippen molar-refractivity contribution in [3.63, 3.8) is 0 Å². The molecule has 1 N–H and O–H groups in total. The van der Waals surface area contributed by atoms with Crippen LogP contribution in [0.3, 0.4) is 0 Å². The number of hydrogen-bond donors (Lipinski definition) is 1. The van der Waals surface area contributed by atoms with Crippen molar-refractivity contribution in [1.29, 1.82) is 0 Å². The molecule has 0 saturated heterocycles. The summed E-state index contributed by atoms with van der Waals surface area (Å²) in [6.07, 6.45) is -0.943. The molecule has 0 unspecified atom stereocenters. The fraction of sp³-hybridized carbons (Fsp3) is 0.917. The molecule has 2 bridgehead atoms. The zero-order valence-corrected chi connectivity index (χ0v) is 14.3. The Morgan fingerprint density at radius 2 is 1.74 bits per heavy atom. The van der Waals surface area contributed by atoms with Crippen LogP contribution in [-0.2, 0) is 14.3 Å². The lowest BCUT2D eigenvalue weighted by atomic mass is 9.95. The third-order valence-electron chi connectivity index (χ3n) is 4.67. The smallest absolute Gasteiger partial charge is 0.217 e. The lowest BCUT2D eigenvalue weighted by Gasteiger charge is -2.41. The van der Waals surface area contributed by atoms with E-state index < -0.39 is 35.5 Å². The van der Waals surface area contributed by atoms with Crippen LogP contribution in [0, 0.1) is 0 Å². The van der Waals surface area contributed by atoms with Crippen molar-refractivity contribution >= 4 is 37.1 Å². The number of alkyl halides is 2. The van der Waals surface area contributed by atoms with Crippen molar-refractivity contribution in [2.45, 2.75) is 53.2 Å². The van der Waals surface area contributed by atoms with Gasteiger partial charge in [-0.15, -0.1) is 23.2 Å². The minimum atomic E-state index is -1.80. The average Bonchev–Trinajstić information content (AvgIpc) is 2.60. The Bertz CT molecular complexity index is 420. The zero-order chi connectivity index (χ0) is 14.9. The first-order valence-electron chi connectivity index (χ1n) is 6.23. The van der Waals surface area contributed by atoms with Gasteiger partial charge >= 0.3 is 0 Å². The third-order valence-corrected chi connectivity index (χ3v) is 8.89. The van der Waals surface area contributed by atoms with Gasteiger partial charge in [0.05, 0.1) is 8.07 Å². The molecular formula is C12H20Cl2O4Si. The lowest BCUT2D eigenvalue weighted by Crippen LogP contribution is -2.58. The van der Waals surface area contributed by atoms with E-state index in [0.717, 1.165) is 0 Å². The number of carbonyl (C=O) groups is 1. The highest BCUT2D eigenvalue weighted by molar-refractivity contribution is 6.79. The molecule has 2 saturated carbocycles. The van der Waals surface area contributed by atoms with E-state index in [1.54, 1.807) is 0 Å². The topological polar surface area (TPSA) is 55.8 Å². The van der Waals surface area contributed by atoms with Crippen LogP contribution in [-0.4, -0.2) is 54.8 Å². The van der Waals surface area contributed by atoms with Crippen molar-refractivity contribution in [1.82, 2.24) is 0 Å². The van der Waals surface area contributed by atoms with E-state index in [0.29, 0.717) is 6.42 Å². The fourth-order valence-electron chi connectivity index (χ4n) is 3.76. The molecule has 0 aromatic heterocycles. The van der Waals surface area contributed by atoms with Crippen LogP contribution in [0.1, 0.15) is 6.42 Å². The number of carbonyl (C=O) groups excluding carboxylic acids is 1. The van der Waals surface area contributed by atoms with Gasteiger partial charge in [0.2, 0.25) is 5.79 Å². The normalized spacial score (nSPS) is 44.9. The summed E-state index contributed by atoms with van der Waals surface area (Å²) in [5, 5.41) is 10.2. The Morgan fingerprint density at radius 1 is 1.26 bits per heavy atom. The summed E-state index contributed by atoms with van der Waals surface area (Å²) in [5.41, 5.74) is -0.116. The summed E-state index contributed by atoms with van der Waals surface area (Å²) in [6, 6.07) is 0.